The van der Waals surface area contributed by atoms with Gasteiger partial charge in [-0.2, -0.15) is 0 Å². The highest BCUT2D eigenvalue weighted by Crippen LogP contribution is 2.28. The number of methoxy groups -OCH3 is 1. The van der Waals surface area contributed by atoms with Gasteiger partial charge < -0.3 is 14.1 Å². The third-order valence-corrected chi connectivity index (χ3v) is 5.90. The molecular weight excluding hydrogens is 390 g/mol. The van der Waals surface area contributed by atoms with E-state index in [1.165, 1.54) is 4.90 Å². The van der Waals surface area contributed by atoms with E-state index in [0.717, 1.165) is 37.4 Å². The minimum Gasteiger partial charge on any atom is -0.497 e. The van der Waals surface area contributed by atoms with E-state index >= 15 is 0 Å². The highest BCUT2D eigenvalue weighted by atomic mass is 79.9. The lowest BCUT2D eigenvalue weighted by molar-refractivity contribution is 0.0665. The Balaban J connectivity index is 1.45. The molecule has 1 aliphatic rings. The SMILES string of the molecule is COc1ccc(SCC2CCN(C(=O)c3ccc(Br)o3)CC2)cc1. The number of amides is 1. The Morgan fingerprint density at radius 2 is 1.96 bits per heavy atom. The van der Waals surface area contributed by atoms with Crippen molar-refractivity contribution in [1.29, 1.82) is 0 Å². The van der Waals surface area contributed by atoms with Gasteiger partial charge in [0.1, 0.15) is 5.75 Å². The molecule has 1 aliphatic heterocycles. The Morgan fingerprint density at radius 1 is 1.25 bits per heavy atom. The van der Waals surface area contributed by atoms with Crippen LogP contribution < -0.4 is 4.74 Å². The molecule has 6 heteroatoms. The number of benzene rings is 1. The smallest absolute Gasteiger partial charge is 0.289 e. The van der Waals surface area contributed by atoms with Crippen LogP contribution in [-0.4, -0.2) is 36.8 Å². The molecule has 3 rings (SSSR count). The molecule has 0 bridgehead atoms. The maximum absolute atomic E-state index is 12.4. The average molecular weight is 410 g/mol. The Hall–Kier alpha value is -1.40. The van der Waals surface area contributed by atoms with Crippen molar-refractivity contribution in [2.24, 2.45) is 5.92 Å². The Bertz CT molecular complexity index is 678. The lowest BCUT2D eigenvalue weighted by Gasteiger charge is -2.31. The van der Waals surface area contributed by atoms with Crippen molar-refractivity contribution >= 4 is 33.6 Å². The lowest BCUT2D eigenvalue weighted by Crippen LogP contribution is -2.38. The van der Waals surface area contributed by atoms with Crippen molar-refractivity contribution in [1.82, 2.24) is 4.90 Å². The summed E-state index contributed by atoms with van der Waals surface area (Å²) in [6, 6.07) is 11.6. The van der Waals surface area contributed by atoms with Crippen LogP contribution in [0.15, 0.2) is 50.4 Å². The number of ether oxygens (including phenoxy) is 1. The number of hydrogen-bond donors (Lipinski definition) is 0. The number of carbonyl (C=O) groups is 1. The van der Waals surface area contributed by atoms with Crippen molar-refractivity contribution < 1.29 is 13.9 Å². The Kier molecular flexibility index (Phi) is 5.89. The highest BCUT2D eigenvalue weighted by Gasteiger charge is 2.25. The number of halogens is 1. The van der Waals surface area contributed by atoms with Crippen LogP contribution >= 0.6 is 27.7 Å². The zero-order valence-corrected chi connectivity index (χ0v) is 15.9. The molecule has 2 heterocycles. The van der Waals surface area contributed by atoms with Crippen LogP contribution in [0.25, 0.3) is 0 Å². The number of piperidine rings is 1. The van der Waals surface area contributed by atoms with Gasteiger partial charge in [-0.05, 0) is 71.1 Å². The predicted octanol–water partition coefficient (Wildman–Crippen LogP) is 4.70. The molecule has 2 aromatic rings. The summed E-state index contributed by atoms with van der Waals surface area (Å²) in [5.41, 5.74) is 0. The van der Waals surface area contributed by atoms with E-state index in [2.05, 4.69) is 28.1 Å². The monoisotopic (exact) mass is 409 g/mol. The second kappa shape index (κ2) is 8.12. The zero-order chi connectivity index (χ0) is 16.9. The third kappa shape index (κ3) is 4.36. The first kappa shape index (κ1) is 17.4. The van der Waals surface area contributed by atoms with Crippen LogP contribution in [0.1, 0.15) is 23.4 Å². The summed E-state index contributed by atoms with van der Waals surface area (Å²) in [6.45, 7) is 1.59. The minimum absolute atomic E-state index is 0.0121. The summed E-state index contributed by atoms with van der Waals surface area (Å²) in [6.07, 6.45) is 2.08. The van der Waals surface area contributed by atoms with Gasteiger partial charge in [0.25, 0.3) is 5.91 Å². The van der Waals surface area contributed by atoms with E-state index in [9.17, 15) is 4.79 Å². The lowest BCUT2D eigenvalue weighted by atomic mass is 9.99. The zero-order valence-electron chi connectivity index (χ0n) is 13.5. The first-order valence-electron chi connectivity index (χ1n) is 7.97. The van der Waals surface area contributed by atoms with Gasteiger partial charge in [-0.3, -0.25) is 4.79 Å². The molecule has 1 saturated heterocycles. The van der Waals surface area contributed by atoms with Gasteiger partial charge in [-0.1, -0.05) is 0 Å². The Labute approximate surface area is 154 Å². The number of furan rings is 1. The van der Waals surface area contributed by atoms with Crippen molar-refractivity contribution in [3.05, 3.63) is 46.8 Å². The van der Waals surface area contributed by atoms with Crippen LogP contribution in [-0.2, 0) is 0 Å². The molecule has 0 atom stereocenters. The predicted molar refractivity (Wildman–Crippen MR) is 98.8 cm³/mol. The van der Waals surface area contributed by atoms with Crippen LogP contribution in [0, 0.1) is 5.92 Å². The van der Waals surface area contributed by atoms with Crippen molar-refractivity contribution in [2.75, 3.05) is 26.0 Å². The minimum atomic E-state index is -0.0121. The summed E-state index contributed by atoms with van der Waals surface area (Å²) in [4.78, 5) is 15.5. The first-order chi connectivity index (χ1) is 11.7. The van der Waals surface area contributed by atoms with E-state index in [0.29, 0.717) is 16.3 Å². The van der Waals surface area contributed by atoms with Crippen molar-refractivity contribution in [3.63, 3.8) is 0 Å². The van der Waals surface area contributed by atoms with E-state index in [1.54, 1.807) is 19.2 Å². The third-order valence-electron chi connectivity index (χ3n) is 4.23. The fourth-order valence-electron chi connectivity index (χ4n) is 2.77. The number of rotatable bonds is 5. The summed E-state index contributed by atoms with van der Waals surface area (Å²) < 4.78 is 11.1. The van der Waals surface area contributed by atoms with Crippen molar-refractivity contribution in [3.8, 4) is 5.75 Å². The van der Waals surface area contributed by atoms with E-state index < -0.39 is 0 Å². The molecule has 1 amide bonds. The summed E-state index contributed by atoms with van der Waals surface area (Å²) in [5, 5.41) is 0. The standard InChI is InChI=1S/C18H20BrNO3S/c1-22-14-2-4-15(5-3-14)24-12-13-8-10-20(11-9-13)18(21)16-6-7-17(19)23-16/h2-7,13H,8-12H2,1H3. The maximum atomic E-state index is 12.4. The molecule has 1 fully saturated rings. The highest BCUT2D eigenvalue weighted by molar-refractivity contribution is 9.10. The van der Waals surface area contributed by atoms with Gasteiger partial charge >= 0.3 is 0 Å². The average Bonchev–Trinajstić information content (AvgIpc) is 3.06. The van der Waals surface area contributed by atoms with Gasteiger partial charge in [0.2, 0.25) is 0 Å². The van der Waals surface area contributed by atoms with Crippen LogP contribution in [0.4, 0.5) is 0 Å². The quantitative estimate of drug-likeness (QED) is 0.671. The number of carbonyl (C=O) groups excluding carboxylic acids is 1. The normalized spacial score (nSPS) is 15.5. The van der Waals surface area contributed by atoms with Gasteiger partial charge in [0.15, 0.2) is 10.4 Å². The van der Waals surface area contributed by atoms with Gasteiger partial charge in [0, 0.05) is 23.7 Å². The molecule has 24 heavy (non-hydrogen) atoms. The number of thioether (sulfide) groups is 1. The number of hydrogen-bond acceptors (Lipinski definition) is 4. The van der Waals surface area contributed by atoms with Crippen LogP contribution in [0.2, 0.25) is 0 Å². The molecule has 0 radical (unpaired) electrons. The number of likely N-dealkylation sites (tertiary alicyclic amines) is 1. The van der Waals surface area contributed by atoms with Crippen LogP contribution in [0.5, 0.6) is 5.75 Å². The number of nitrogens with zero attached hydrogens (tertiary/aromatic N) is 1. The molecule has 0 spiro atoms. The van der Waals surface area contributed by atoms with E-state index in [1.807, 2.05) is 28.8 Å². The Morgan fingerprint density at radius 3 is 2.54 bits per heavy atom. The molecular formula is C18H20BrNO3S. The fourth-order valence-corrected chi connectivity index (χ4v) is 4.17. The molecule has 128 valence electrons. The van der Waals surface area contributed by atoms with Crippen molar-refractivity contribution in [2.45, 2.75) is 17.7 Å². The summed E-state index contributed by atoms with van der Waals surface area (Å²) in [5.74, 6) is 3.01. The second-order valence-corrected chi connectivity index (χ2v) is 7.70. The summed E-state index contributed by atoms with van der Waals surface area (Å²) >= 11 is 5.11. The van der Waals surface area contributed by atoms with E-state index in [-0.39, 0.29) is 5.91 Å². The molecule has 0 aliphatic carbocycles. The molecule has 1 aromatic heterocycles. The maximum Gasteiger partial charge on any atom is 0.289 e. The van der Waals surface area contributed by atoms with E-state index in [4.69, 9.17) is 9.15 Å². The molecule has 0 unspecified atom stereocenters. The molecule has 1 aromatic carbocycles. The van der Waals surface area contributed by atoms with Crippen LogP contribution in [0.3, 0.4) is 0 Å². The largest absolute Gasteiger partial charge is 0.497 e. The van der Waals surface area contributed by atoms with Gasteiger partial charge in [-0.15, -0.1) is 11.8 Å². The fraction of sp³-hybridized carbons (Fsp3) is 0.389. The summed E-state index contributed by atoms with van der Waals surface area (Å²) in [7, 11) is 1.68. The van der Waals surface area contributed by atoms with Gasteiger partial charge in [-0.25, -0.2) is 0 Å². The second-order valence-electron chi connectivity index (χ2n) is 5.83. The molecule has 0 saturated carbocycles. The molecule has 0 N–H and O–H groups in total. The van der Waals surface area contributed by atoms with Gasteiger partial charge in [0.05, 0.1) is 7.11 Å². The first-order valence-corrected chi connectivity index (χ1v) is 9.75. The topological polar surface area (TPSA) is 42.7 Å². The molecule has 4 nitrogen and oxygen atoms in total.